The van der Waals surface area contributed by atoms with Gasteiger partial charge in [-0.1, -0.05) is 22.0 Å². The summed E-state index contributed by atoms with van der Waals surface area (Å²) in [6.07, 6.45) is 3.59. The Morgan fingerprint density at radius 3 is 2.78 bits per heavy atom. The molecule has 0 aliphatic carbocycles. The van der Waals surface area contributed by atoms with E-state index in [0.29, 0.717) is 11.7 Å². The van der Waals surface area contributed by atoms with Crippen molar-refractivity contribution in [3.05, 3.63) is 41.0 Å². The Morgan fingerprint density at radius 1 is 1.35 bits per heavy atom. The monoisotopic (exact) mass is 398 g/mol. The van der Waals surface area contributed by atoms with Gasteiger partial charge >= 0.3 is 7.60 Å². The molecule has 2 heterocycles. The smallest absolute Gasteiger partial charge is 0.339 e. The lowest BCUT2D eigenvalue weighted by atomic mass is 10.1. The van der Waals surface area contributed by atoms with Gasteiger partial charge in [-0.3, -0.25) is 4.57 Å². The molecule has 0 saturated carbocycles. The van der Waals surface area contributed by atoms with Crippen LogP contribution >= 0.6 is 23.5 Å². The van der Waals surface area contributed by atoms with Gasteiger partial charge in [-0.2, -0.15) is 0 Å². The van der Waals surface area contributed by atoms with Crippen LogP contribution in [-0.4, -0.2) is 23.8 Å². The number of aromatic nitrogens is 2. The second-order valence-corrected chi connectivity index (χ2v) is 8.16. The van der Waals surface area contributed by atoms with E-state index in [0.717, 1.165) is 20.9 Å². The van der Waals surface area contributed by atoms with Gasteiger partial charge in [0, 0.05) is 48.4 Å². The molecule has 1 aromatic carbocycles. The molecule has 122 valence electrons. The first-order valence-electron chi connectivity index (χ1n) is 6.86. The normalized spacial score (nSPS) is 12.2. The van der Waals surface area contributed by atoms with E-state index >= 15 is 0 Å². The molecule has 0 spiro atoms. The van der Waals surface area contributed by atoms with Gasteiger partial charge in [0.2, 0.25) is 5.89 Å². The lowest BCUT2D eigenvalue weighted by Crippen LogP contribution is -1.93. The zero-order valence-corrected chi connectivity index (χ0v) is 15.4. The summed E-state index contributed by atoms with van der Waals surface area (Å²) in [6, 6.07) is 5.99. The van der Waals surface area contributed by atoms with Crippen LogP contribution in [0.2, 0.25) is 0 Å². The minimum absolute atomic E-state index is 0.00800. The first kappa shape index (κ1) is 16.5. The Bertz CT molecular complexity index is 894. The maximum Gasteiger partial charge on any atom is 0.339 e. The van der Waals surface area contributed by atoms with Crippen molar-refractivity contribution in [1.29, 1.82) is 0 Å². The van der Waals surface area contributed by atoms with E-state index in [2.05, 4.69) is 20.9 Å². The van der Waals surface area contributed by atoms with Gasteiger partial charge in [0.25, 0.3) is 0 Å². The highest BCUT2D eigenvalue weighted by Crippen LogP contribution is 2.49. The fraction of sp³-hybridized carbons (Fsp3) is 0.267. The van der Waals surface area contributed by atoms with E-state index in [1.807, 2.05) is 36.0 Å². The minimum Gasteiger partial charge on any atom is -0.440 e. The van der Waals surface area contributed by atoms with Gasteiger partial charge in [0.1, 0.15) is 6.16 Å². The van der Waals surface area contributed by atoms with Gasteiger partial charge in [0.15, 0.2) is 5.76 Å². The van der Waals surface area contributed by atoms with Crippen molar-refractivity contribution in [3.8, 4) is 11.3 Å². The standard InChI is InChI=1S/C15H16BrN2O4P/c1-18-8-10(15-11(16)5-4-6-12(15)18)13-7-17-14(22-13)9-23(19,20-2)21-3/h4-8H,9H2,1-3H3. The van der Waals surface area contributed by atoms with Crippen molar-refractivity contribution in [2.24, 2.45) is 7.05 Å². The summed E-state index contributed by atoms with van der Waals surface area (Å²) >= 11 is 3.58. The molecule has 0 fully saturated rings. The molecule has 0 radical (unpaired) electrons. The van der Waals surface area contributed by atoms with Crippen LogP contribution in [-0.2, 0) is 26.8 Å². The number of fused-ring (bicyclic) bond motifs is 1. The number of nitrogens with zero attached hydrogens (tertiary/aromatic N) is 2. The third-order valence-corrected chi connectivity index (χ3v) is 6.10. The van der Waals surface area contributed by atoms with E-state index in [4.69, 9.17) is 13.5 Å². The fourth-order valence-corrected chi connectivity index (χ4v) is 3.92. The topological polar surface area (TPSA) is 66.5 Å². The van der Waals surface area contributed by atoms with Crippen LogP contribution in [0, 0.1) is 0 Å². The Balaban J connectivity index is 2.03. The maximum absolute atomic E-state index is 12.2. The minimum atomic E-state index is -3.20. The van der Waals surface area contributed by atoms with E-state index in [9.17, 15) is 4.57 Å². The SMILES string of the molecule is COP(=O)(Cc1ncc(-c2cn(C)c3cccc(Br)c23)o1)OC. The molecule has 0 aliphatic rings. The van der Waals surface area contributed by atoms with Gasteiger partial charge < -0.3 is 18.0 Å². The van der Waals surface area contributed by atoms with Crippen LogP contribution < -0.4 is 0 Å². The van der Waals surface area contributed by atoms with Crippen LogP contribution in [0.4, 0.5) is 0 Å². The Kier molecular flexibility index (Phi) is 4.47. The second-order valence-electron chi connectivity index (χ2n) is 5.04. The number of hydrogen-bond acceptors (Lipinski definition) is 5. The summed E-state index contributed by atoms with van der Waals surface area (Å²) in [5, 5.41) is 1.04. The van der Waals surface area contributed by atoms with E-state index < -0.39 is 7.60 Å². The Labute approximate surface area is 142 Å². The summed E-state index contributed by atoms with van der Waals surface area (Å²) in [4.78, 5) is 4.20. The highest BCUT2D eigenvalue weighted by atomic mass is 79.9. The molecule has 0 amide bonds. The third kappa shape index (κ3) is 3.02. The lowest BCUT2D eigenvalue weighted by molar-refractivity contribution is 0.271. The summed E-state index contributed by atoms with van der Waals surface area (Å²) in [5.41, 5.74) is 1.99. The van der Waals surface area contributed by atoms with Crippen molar-refractivity contribution >= 4 is 34.4 Å². The van der Waals surface area contributed by atoms with Crippen LogP contribution in [0.5, 0.6) is 0 Å². The van der Waals surface area contributed by atoms with E-state index in [1.54, 1.807) is 6.20 Å². The summed E-state index contributed by atoms with van der Waals surface area (Å²) in [6.45, 7) is 0. The summed E-state index contributed by atoms with van der Waals surface area (Å²) in [5.74, 6) is 0.923. The average molecular weight is 399 g/mol. The summed E-state index contributed by atoms with van der Waals surface area (Å²) < 4.78 is 30.8. The fourth-order valence-electron chi connectivity index (χ4n) is 2.47. The number of halogens is 1. The number of oxazole rings is 1. The molecule has 3 aromatic rings. The third-order valence-electron chi connectivity index (χ3n) is 3.67. The van der Waals surface area contributed by atoms with Crippen molar-refractivity contribution < 1.29 is 18.0 Å². The van der Waals surface area contributed by atoms with Crippen molar-refractivity contribution in [2.75, 3.05) is 14.2 Å². The molecule has 6 nitrogen and oxygen atoms in total. The summed E-state index contributed by atoms with van der Waals surface area (Å²) in [7, 11) is 1.45. The first-order valence-corrected chi connectivity index (χ1v) is 9.38. The van der Waals surface area contributed by atoms with E-state index in [1.165, 1.54) is 14.2 Å². The molecule has 0 bridgehead atoms. The molecule has 0 atom stereocenters. The highest BCUT2D eigenvalue weighted by molar-refractivity contribution is 9.10. The van der Waals surface area contributed by atoms with Crippen molar-refractivity contribution in [2.45, 2.75) is 6.16 Å². The molecular formula is C15H16BrN2O4P. The molecule has 2 aromatic heterocycles. The highest BCUT2D eigenvalue weighted by Gasteiger charge is 2.25. The second kappa shape index (κ2) is 6.24. The van der Waals surface area contributed by atoms with E-state index in [-0.39, 0.29) is 6.16 Å². The number of hydrogen-bond donors (Lipinski definition) is 0. The zero-order chi connectivity index (χ0) is 16.6. The zero-order valence-electron chi connectivity index (χ0n) is 12.9. The average Bonchev–Trinajstić information content (AvgIpc) is 3.13. The van der Waals surface area contributed by atoms with Crippen LogP contribution in [0.15, 0.2) is 39.5 Å². The van der Waals surface area contributed by atoms with Crippen LogP contribution in [0.25, 0.3) is 22.2 Å². The van der Waals surface area contributed by atoms with Gasteiger partial charge in [-0.05, 0) is 12.1 Å². The van der Waals surface area contributed by atoms with Crippen molar-refractivity contribution in [3.63, 3.8) is 0 Å². The molecule has 8 heteroatoms. The molecule has 0 aliphatic heterocycles. The molecule has 0 N–H and O–H groups in total. The number of benzene rings is 1. The quantitative estimate of drug-likeness (QED) is 0.588. The largest absolute Gasteiger partial charge is 0.440 e. The molecule has 0 unspecified atom stereocenters. The van der Waals surface area contributed by atoms with Crippen LogP contribution in [0.1, 0.15) is 5.89 Å². The van der Waals surface area contributed by atoms with Gasteiger partial charge in [-0.25, -0.2) is 4.98 Å². The molecule has 0 saturated heterocycles. The first-order chi connectivity index (χ1) is 11.0. The molecule has 3 rings (SSSR count). The lowest BCUT2D eigenvalue weighted by Gasteiger charge is -2.10. The molecular weight excluding hydrogens is 383 g/mol. The number of aryl methyl sites for hydroxylation is 1. The predicted molar refractivity (Wildman–Crippen MR) is 91.4 cm³/mol. The predicted octanol–water partition coefficient (Wildman–Crippen LogP) is 4.58. The van der Waals surface area contributed by atoms with Gasteiger partial charge in [-0.15, -0.1) is 0 Å². The Hall–Kier alpha value is -1.40. The molecule has 23 heavy (non-hydrogen) atoms. The van der Waals surface area contributed by atoms with Gasteiger partial charge in [0.05, 0.1) is 6.20 Å². The maximum atomic E-state index is 12.2. The Morgan fingerprint density at radius 2 is 2.09 bits per heavy atom. The van der Waals surface area contributed by atoms with Crippen LogP contribution in [0.3, 0.4) is 0 Å². The number of rotatable bonds is 5. The van der Waals surface area contributed by atoms with Crippen molar-refractivity contribution in [1.82, 2.24) is 9.55 Å².